The lowest BCUT2D eigenvalue weighted by molar-refractivity contribution is -0.116. The average molecular weight is 355 g/mol. The summed E-state index contributed by atoms with van der Waals surface area (Å²) < 4.78 is 10.7. The molecule has 2 aromatic carbocycles. The van der Waals surface area contributed by atoms with Gasteiger partial charge in [-0.1, -0.05) is 45.0 Å². The lowest BCUT2D eigenvalue weighted by Gasteiger charge is -2.18. The molecule has 0 spiro atoms. The molecular weight excluding hydrogens is 326 g/mol. The molecule has 1 amide bonds. The Morgan fingerprint density at radius 2 is 1.73 bits per heavy atom. The van der Waals surface area contributed by atoms with Gasteiger partial charge >= 0.3 is 0 Å². The van der Waals surface area contributed by atoms with Crippen molar-refractivity contribution in [2.75, 3.05) is 19.5 Å². The zero-order valence-electron chi connectivity index (χ0n) is 16.3. The molecule has 0 aliphatic carbocycles. The van der Waals surface area contributed by atoms with E-state index in [0.29, 0.717) is 12.3 Å². The van der Waals surface area contributed by atoms with Gasteiger partial charge in [-0.25, -0.2) is 0 Å². The van der Waals surface area contributed by atoms with Gasteiger partial charge in [0.15, 0.2) is 0 Å². The second-order valence-electron chi connectivity index (χ2n) is 6.66. The Morgan fingerprint density at radius 3 is 2.38 bits per heavy atom. The summed E-state index contributed by atoms with van der Waals surface area (Å²) >= 11 is 0. The van der Waals surface area contributed by atoms with E-state index in [1.807, 2.05) is 43.3 Å². The molecule has 0 saturated heterocycles. The van der Waals surface area contributed by atoms with E-state index < -0.39 is 0 Å². The van der Waals surface area contributed by atoms with Crippen LogP contribution in [0.15, 0.2) is 42.5 Å². The SMILES string of the molecule is CCC(C)c1ccccc1NC(=O)CC(C)c1ccc(OC)cc1OC. The maximum atomic E-state index is 12.6. The number of rotatable bonds is 8. The Kier molecular flexibility index (Phi) is 7.07. The molecule has 2 aromatic rings. The van der Waals surface area contributed by atoms with Gasteiger partial charge in [0.1, 0.15) is 11.5 Å². The molecule has 0 heterocycles. The van der Waals surface area contributed by atoms with Crippen molar-refractivity contribution in [3.8, 4) is 11.5 Å². The average Bonchev–Trinajstić information content (AvgIpc) is 2.66. The van der Waals surface area contributed by atoms with E-state index in [9.17, 15) is 4.79 Å². The first-order chi connectivity index (χ1) is 12.5. The summed E-state index contributed by atoms with van der Waals surface area (Å²) in [7, 11) is 3.26. The zero-order chi connectivity index (χ0) is 19.1. The Hall–Kier alpha value is -2.49. The predicted octanol–water partition coefficient (Wildman–Crippen LogP) is 5.35. The number of amides is 1. The number of anilines is 1. The van der Waals surface area contributed by atoms with Gasteiger partial charge in [0, 0.05) is 18.2 Å². The molecule has 0 aliphatic heterocycles. The van der Waals surface area contributed by atoms with Gasteiger partial charge in [0.2, 0.25) is 5.91 Å². The first-order valence-electron chi connectivity index (χ1n) is 9.10. The van der Waals surface area contributed by atoms with Crippen LogP contribution in [0.25, 0.3) is 0 Å². The topological polar surface area (TPSA) is 47.6 Å². The van der Waals surface area contributed by atoms with Crippen LogP contribution in [-0.4, -0.2) is 20.1 Å². The van der Waals surface area contributed by atoms with Crippen LogP contribution in [-0.2, 0) is 4.79 Å². The molecule has 140 valence electrons. The Balaban J connectivity index is 2.11. The molecule has 2 rings (SSSR count). The molecule has 0 radical (unpaired) electrons. The second kappa shape index (κ2) is 9.27. The minimum Gasteiger partial charge on any atom is -0.497 e. The van der Waals surface area contributed by atoms with E-state index >= 15 is 0 Å². The van der Waals surface area contributed by atoms with E-state index in [4.69, 9.17) is 9.47 Å². The van der Waals surface area contributed by atoms with Crippen molar-refractivity contribution in [1.29, 1.82) is 0 Å². The first kappa shape index (κ1) is 19.8. The lowest BCUT2D eigenvalue weighted by atomic mass is 9.95. The van der Waals surface area contributed by atoms with Crippen LogP contribution in [0.3, 0.4) is 0 Å². The van der Waals surface area contributed by atoms with Gasteiger partial charge in [-0.05, 0) is 41.5 Å². The van der Waals surface area contributed by atoms with Crippen LogP contribution < -0.4 is 14.8 Å². The summed E-state index contributed by atoms with van der Waals surface area (Å²) in [4.78, 5) is 12.6. The van der Waals surface area contributed by atoms with Crippen LogP contribution in [0.1, 0.15) is 56.6 Å². The molecule has 0 aromatic heterocycles. The van der Waals surface area contributed by atoms with Crippen LogP contribution in [0.4, 0.5) is 5.69 Å². The van der Waals surface area contributed by atoms with Gasteiger partial charge in [-0.2, -0.15) is 0 Å². The number of benzene rings is 2. The van der Waals surface area contributed by atoms with Crippen LogP contribution in [0.5, 0.6) is 11.5 Å². The summed E-state index contributed by atoms with van der Waals surface area (Å²) in [5.41, 5.74) is 3.08. The largest absolute Gasteiger partial charge is 0.497 e. The molecule has 1 N–H and O–H groups in total. The van der Waals surface area contributed by atoms with E-state index in [2.05, 4.69) is 25.2 Å². The Labute approximate surface area is 156 Å². The lowest BCUT2D eigenvalue weighted by Crippen LogP contribution is -2.16. The standard InChI is InChI=1S/C22H29NO3/c1-6-15(2)18-9-7-8-10-20(18)23-22(24)13-16(3)19-12-11-17(25-4)14-21(19)26-5/h7-12,14-16H,6,13H2,1-5H3,(H,23,24). The van der Waals surface area contributed by atoms with Crippen molar-refractivity contribution in [2.45, 2.75) is 45.4 Å². The van der Waals surface area contributed by atoms with Crippen molar-refractivity contribution in [1.82, 2.24) is 0 Å². The third-order valence-corrected chi connectivity index (χ3v) is 4.84. The van der Waals surface area contributed by atoms with Crippen molar-refractivity contribution < 1.29 is 14.3 Å². The smallest absolute Gasteiger partial charge is 0.224 e. The minimum atomic E-state index is 0.00567. The summed E-state index contributed by atoms with van der Waals surface area (Å²) in [6, 6.07) is 13.7. The van der Waals surface area contributed by atoms with Gasteiger partial charge in [0.05, 0.1) is 14.2 Å². The van der Waals surface area contributed by atoms with Crippen LogP contribution in [0, 0.1) is 0 Å². The molecule has 0 bridgehead atoms. The maximum absolute atomic E-state index is 12.6. The van der Waals surface area contributed by atoms with Crippen LogP contribution in [0.2, 0.25) is 0 Å². The summed E-state index contributed by atoms with van der Waals surface area (Å²) in [6.45, 7) is 6.36. The predicted molar refractivity (Wildman–Crippen MR) is 106 cm³/mol. The Bertz CT molecular complexity index is 742. The first-order valence-corrected chi connectivity index (χ1v) is 9.10. The number of hydrogen-bond donors (Lipinski definition) is 1. The van der Waals surface area contributed by atoms with E-state index in [-0.39, 0.29) is 11.8 Å². The third kappa shape index (κ3) is 4.78. The molecular formula is C22H29NO3. The molecule has 2 atom stereocenters. The highest BCUT2D eigenvalue weighted by Crippen LogP contribution is 2.33. The number of nitrogens with one attached hydrogen (secondary N) is 1. The van der Waals surface area contributed by atoms with Gasteiger partial charge in [0.25, 0.3) is 0 Å². The van der Waals surface area contributed by atoms with E-state index in [1.54, 1.807) is 14.2 Å². The molecule has 26 heavy (non-hydrogen) atoms. The number of hydrogen-bond acceptors (Lipinski definition) is 3. The molecule has 0 fully saturated rings. The number of methoxy groups -OCH3 is 2. The highest BCUT2D eigenvalue weighted by atomic mass is 16.5. The van der Waals surface area contributed by atoms with E-state index in [0.717, 1.165) is 29.2 Å². The summed E-state index contributed by atoms with van der Waals surface area (Å²) in [5, 5.41) is 3.08. The maximum Gasteiger partial charge on any atom is 0.224 e. The fourth-order valence-electron chi connectivity index (χ4n) is 3.08. The van der Waals surface area contributed by atoms with E-state index in [1.165, 1.54) is 5.56 Å². The number of carbonyl (C=O) groups is 1. The van der Waals surface area contributed by atoms with Crippen molar-refractivity contribution in [3.63, 3.8) is 0 Å². The third-order valence-electron chi connectivity index (χ3n) is 4.84. The van der Waals surface area contributed by atoms with Crippen molar-refractivity contribution in [3.05, 3.63) is 53.6 Å². The summed E-state index contributed by atoms with van der Waals surface area (Å²) in [6.07, 6.45) is 1.42. The van der Waals surface area contributed by atoms with Crippen molar-refractivity contribution in [2.24, 2.45) is 0 Å². The molecule has 4 nitrogen and oxygen atoms in total. The monoisotopic (exact) mass is 355 g/mol. The molecule has 0 saturated carbocycles. The zero-order valence-corrected chi connectivity index (χ0v) is 16.3. The molecule has 2 unspecified atom stereocenters. The van der Waals surface area contributed by atoms with Crippen LogP contribution >= 0.6 is 0 Å². The highest BCUT2D eigenvalue weighted by molar-refractivity contribution is 5.92. The number of carbonyl (C=O) groups excluding carboxylic acids is 1. The normalized spacial score (nSPS) is 13.0. The fourth-order valence-corrected chi connectivity index (χ4v) is 3.08. The summed E-state index contributed by atoms with van der Waals surface area (Å²) in [5.74, 6) is 1.93. The number of para-hydroxylation sites is 1. The van der Waals surface area contributed by atoms with Gasteiger partial charge in [-0.3, -0.25) is 4.79 Å². The molecule has 4 heteroatoms. The fraction of sp³-hybridized carbons (Fsp3) is 0.409. The minimum absolute atomic E-state index is 0.00567. The second-order valence-corrected chi connectivity index (χ2v) is 6.66. The quantitative estimate of drug-likeness (QED) is 0.694. The molecule has 0 aliphatic rings. The van der Waals surface area contributed by atoms with Crippen molar-refractivity contribution >= 4 is 11.6 Å². The van der Waals surface area contributed by atoms with Gasteiger partial charge < -0.3 is 14.8 Å². The number of ether oxygens (including phenoxy) is 2. The highest BCUT2D eigenvalue weighted by Gasteiger charge is 2.17. The van der Waals surface area contributed by atoms with Gasteiger partial charge in [-0.15, -0.1) is 0 Å². The Morgan fingerprint density at radius 1 is 1.00 bits per heavy atom.